The number of carbonyl (C=O) groups excluding carboxylic acids is 1. The highest BCUT2D eigenvalue weighted by Gasteiger charge is 2.14. The Hall–Kier alpha value is -3.54. The molecule has 0 radical (unpaired) electrons. The number of hydrogen-bond acceptors (Lipinski definition) is 4. The van der Waals surface area contributed by atoms with E-state index >= 15 is 0 Å². The van der Waals surface area contributed by atoms with Crippen LogP contribution in [0.2, 0.25) is 0 Å². The van der Waals surface area contributed by atoms with Gasteiger partial charge in [0, 0.05) is 11.1 Å². The van der Waals surface area contributed by atoms with E-state index < -0.39 is 0 Å². The molecule has 6 nitrogen and oxygen atoms in total. The van der Waals surface area contributed by atoms with E-state index in [4.69, 9.17) is 0 Å². The maximum Gasteiger partial charge on any atom is 0.228 e. The van der Waals surface area contributed by atoms with E-state index in [1.165, 1.54) is 6.33 Å². The Morgan fingerprint density at radius 3 is 2.67 bits per heavy atom. The number of benzene rings is 2. The van der Waals surface area contributed by atoms with Gasteiger partial charge in [0.2, 0.25) is 5.91 Å². The second-order valence-corrected chi connectivity index (χ2v) is 6.40. The van der Waals surface area contributed by atoms with Gasteiger partial charge in [-0.1, -0.05) is 30.3 Å². The SMILES string of the molecule is Cc1nc2ccccc2c(C)c1CC(=O)Nc1ccccc1-n1cncn1. The van der Waals surface area contributed by atoms with Crippen LogP contribution in [0.1, 0.15) is 16.8 Å². The first-order valence-corrected chi connectivity index (χ1v) is 8.72. The highest BCUT2D eigenvalue weighted by molar-refractivity contribution is 5.95. The second kappa shape index (κ2) is 6.99. The van der Waals surface area contributed by atoms with Gasteiger partial charge in [0.25, 0.3) is 0 Å². The average Bonchev–Trinajstić information content (AvgIpc) is 3.20. The summed E-state index contributed by atoms with van der Waals surface area (Å²) in [6.07, 6.45) is 3.33. The summed E-state index contributed by atoms with van der Waals surface area (Å²) in [5, 5.41) is 8.22. The van der Waals surface area contributed by atoms with Crippen LogP contribution in [0.5, 0.6) is 0 Å². The minimum atomic E-state index is -0.0918. The van der Waals surface area contributed by atoms with Crippen molar-refractivity contribution in [3.8, 4) is 5.69 Å². The number of rotatable bonds is 4. The van der Waals surface area contributed by atoms with Crippen molar-refractivity contribution in [3.63, 3.8) is 0 Å². The van der Waals surface area contributed by atoms with Gasteiger partial charge in [-0.3, -0.25) is 9.78 Å². The zero-order valence-corrected chi connectivity index (χ0v) is 15.2. The molecule has 4 rings (SSSR count). The maximum absolute atomic E-state index is 12.8. The molecule has 0 aliphatic rings. The molecule has 1 N–H and O–H groups in total. The van der Waals surface area contributed by atoms with Gasteiger partial charge in [-0.2, -0.15) is 5.10 Å². The standard InChI is InChI=1S/C21H19N5O/c1-14-16-7-3-4-8-18(16)24-15(2)17(14)11-21(27)25-19-9-5-6-10-20(19)26-13-22-12-23-26/h3-10,12-13H,11H2,1-2H3,(H,25,27). The molecule has 0 unspecified atom stereocenters. The Labute approximate surface area is 156 Å². The molecule has 2 aromatic carbocycles. The lowest BCUT2D eigenvalue weighted by Gasteiger charge is -2.14. The first-order valence-electron chi connectivity index (χ1n) is 8.72. The molecular formula is C21H19N5O. The molecule has 6 heteroatoms. The summed E-state index contributed by atoms with van der Waals surface area (Å²) in [7, 11) is 0. The number of amides is 1. The monoisotopic (exact) mass is 357 g/mol. The summed E-state index contributed by atoms with van der Waals surface area (Å²) >= 11 is 0. The molecule has 0 atom stereocenters. The third kappa shape index (κ3) is 3.29. The molecule has 1 amide bonds. The third-order valence-corrected chi connectivity index (χ3v) is 4.67. The topological polar surface area (TPSA) is 72.7 Å². The molecule has 0 saturated carbocycles. The van der Waals surface area contributed by atoms with Crippen molar-refractivity contribution in [2.45, 2.75) is 20.3 Å². The number of anilines is 1. The van der Waals surface area contributed by atoms with Crippen LogP contribution in [-0.2, 0) is 11.2 Å². The van der Waals surface area contributed by atoms with Gasteiger partial charge in [0.05, 0.1) is 23.3 Å². The lowest BCUT2D eigenvalue weighted by atomic mass is 9.99. The number of nitrogens with zero attached hydrogens (tertiary/aromatic N) is 4. The number of para-hydroxylation sites is 3. The number of hydrogen-bond donors (Lipinski definition) is 1. The number of fused-ring (bicyclic) bond motifs is 1. The summed E-state index contributed by atoms with van der Waals surface area (Å²) in [5.41, 5.74) is 5.35. The third-order valence-electron chi connectivity index (χ3n) is 4.67. The molecule has 134 valence electrons. The highest BCUT2D eigenvalue weighted by atomic mass is 16.1. The Bertz CT molecular complexity index is 1120. The fraction of sp³-hybridized carbons (Fsp3) is 0.143. The number of nitrogens with one attached hydrogen (secondary N) is 1. The number of aromatic nitrogens is 4. The van der Waals surface area contributed by atoms with Gasteiger partial charge >= 0.3 is 0 Å². The van der Waals surface area contributed by atoms with Crippen LogP contribution in [-0.4, -0.2) is 25.7 Å². The lowest BCUT2D eigenvalue weighted by molar-refractivity contribution is -0.115. The highest BCUT2D eigenvalue weighted by Crippen LogP contribution is 2.24. The summed E-state index contributed by atoms with van der Waals surface area (Å²) in [6.45, 7) is 3.99. The summed E-state index contributed by atoms with van der Waals surface area (Å²) < 4.78 is 1.63. The Kier molecular flexibility index (Phi) is 4.38. The van der Waals surface area contributed by atoms with Crippen LogP contribution < -0.4 is 5.32 Å². The number of pyridine rings is 1. The predicted molar refractivity (Wildman–Crippen MR) is 105 cm³/mol. The van der Waals surface area contributed by atoms with Crippen LogP contribution >= 0.6 is 0 Å². The predicted octanol–water partition coefficient (Wildman–Crippen LogP) is 3.61. The zero-order chi connectivity index (χ0) is 18.8. The van der Waals surface area contributed by atoms with Gasteiger partial charge in [-0.05, 0) is 43.2 Å². The van der Waals surface area contributed by atoms with Crippen molar-refractivity contribution in [2.24, 2.45) is 0 Å². The molecule has 0 fully saturated rings. The smallest absolute Gasteiger partial charge is 0.228 e. The van der Waals surface area contributed by atoms with Crippen LogP contribution in [0, 0.1) is 13.8 Å². The molecule has 0 aliphatic heterocycles. The molecule has 27 heavy (non-hydrogen) atoms. The van der Waals surface area contributed by atoms with E-state index in [1.807, 2.05) is 62.4 Å². The molecule has 2 aromatic heterocycles. The van der Waals surface area contributed by atoms with E-state index in [0.717, 1.165) is 33.4 Å². The average molecular weight is 357 g/mol. The largest absolute Gasteiger partial charge is 0.324 e. The summed E-state index contributed by atoms with van der Waals surface area (Å²) in [6, 6.07) is 15.5. The van der Waals surface area contributed by atoms with Gasteiger partial charge in [0.1, 0.15) is 12.7 Å². The van der Waals surface area contributed by atoms with Crippen LogP contribution in [0.4, 0.5) is 5.69 Å². The quantitative estimate of drug-likeness (QED) is 0.605. The summed E-state index contributed by atoms with van der Waals surface area (Å²) in [5.74, 6) is -0.0918. The van der Waals surface area contributed by atoms with Crippen molar-refractivity contribution >= 4 is 22.5 Å². The van der Waals surface area contributed by atoms with Crippen molar-refractivity contribution in [2.75, 3.05) is 5.32 Å². The molecule has 0 bridgehead atoms. The van der Waals surface area contributed by atoms with Crippen molar-refractivity contribution < 1.29 is 4.79 Å². The van der Waals surface area contributed by atoms with E-state index in [-0.39, 0.29) is 12.3 Å². The van der Waals surface area contributed by atoms with Gasteiger partial charge in [-0.15, -0.1) is 0 Å². The normalized spacial score (nSPS) is 10.9. The van der Waals surface area contributed by atoms with E-state index in [9.17, 15) is 4.79 Å². The number of carbonyl (C=O) groups is 1. The van der Waals surface area contributed by atoms with Crippen LogP contribution in [0.25, 0.3) is 16.6 Å². The lowest BCUT2D eigenvalue weighted by Crippen LogP contribution is -2.17. The second-order valence-electron chi connectivity index (χ2n) is 6.40. The summed E-state index contributed by atoms with van der Waals surface area (Å²) in [4.78, 5) is 21.4. The van der Waals surface area contributed by atoms with Crippen LogP contribution in [0.15, 0.2) is 61.2 Å². The van der Waals surface area contributed by atoms with Gasteiger partial charge in [-0.25, -0.2) is 9.67 Å². The molecule has 4 aromatic rings. The molecule has 0 saturated heterocycles. The Balaban J connectivity index is 1.62. The van der Waals surface area contributed by atoms with Crippen molar-refractivity contribution in [1.29, 1.82) is 0 Å². The van der Waals surface area contributed by atoms with Crippen molar-refractivity contribution in [3.05, 3.63) is 78.0 Å². The molecule has 0 aliphatic carbocycles. The fourth-order valence-electron chi connectivity index (χ4n) is 3.30. The van der Waals surface area contributed by atoms with Crippen molar-refractivity contribution in [1.82, 2.24) is 19.7 Å². The van der Waals surface area contributed by atoms with E-state index in [0.29, 0.717) is 5.69 Å². The minimum absolute atomic E-state index is 0.0918. The van der Waals surface area contributed by atoms with E-state index in [1.54, 1.807) is 11.0 Å². The van der Waals surface area contributed by atoms with E-state index in [2.05, 4.69) is 20.4 Å². The molecular weight excluding hydrogens is 338 g/mol. The molecule has 2 heterocycles. The van der Waals surface area contributed by atoms with Gasteiger partial charge < -0.3 is 5.32 Å². The van der Waals surface area contributed by atoms with Gasteiger partial charge in [0.15, 0.2) is 0 Å². The first-order chi connectivity index (χ1) is 13.1. The maximum atomic E-state index is 12.8. The minimum Gasteiger partial charge on any atom is -0.324 e. The fourth-order valence-corrected chi connectivity index (χ4v) is 3.30. The zero-order valence-electron chi connectivity index (χ0n) is 15.2. The number of aryl methyl sites for hydroxylation is 2. The molecule has 0 spiro atoms. The van der Waals surface area contributed by atoms with Crippen LogP contribution in [0.3, 0.4) is 0 Å². The first kappa shape index (κ1) is 16.9. The Morgan fingerprint density at radius 1 is 1.07 bits per heavy atom. The Morgan fingerprint density at radius 2 is 1.85 bits per heavy atom.